The molecule has 3 unspecified atom stereocenters. The molecule has 1 aromatic rings. The first-order valence-corrected chi connectivity index (χ1v) is 6.88. The first kappa shape index (κ1) is 12.5. The lowest BCUT2D eigenvalue weighted by molar-refractivity contribution is 0.0779. The number of fused-ring (bicyclic) bond motifs is 1. The fourth-order valence-corrected chi connectivity index (χ4v) is 3.39. The van der Waals surface area contributed by atoms with E-state index in [0.29, 0.717) is 11.8 Å². The van der Waals surface area contributed by atoms with Crippen LogP contribution in [0, 0.1) is 11.8 Å². The number of hydrogen-bond acceptors (Lipinski definition) is 3. The molecule has 4 heteroatoms. The zero-order chi connectivity index (χ0) is 13.4. The van der Waals surface area contributed by atoms with Crippen molar-refractivity contribution in [3.8, 4) is 5.75 Å². The molecular weight excluding hydrogens is 240 g/mol. The maximum absolute atomic E-state index is 12.4. The zero-order valence-electron chi connectivity index (χ0n) is 11.2. The van der Waals surface area contributed by atoms with Crippen molar-refractivity contribution in [1.82, 2.24) is 4.90 Å². The van der Waals surface area contributed by atoms with E-state index < -0.39 is 0 Å². The van der Waals surface area contributed by atoms with Gasteiger partial charge in [0.05, 0.1) is 7.11 Å². The van der Waals surface area contributed by atoms with Crippen molar-refractivity contribution < 1.29 is 9.53 Å². The van der Waals surface area contributed by atoms with Crippen LogP contribution < -0.4 is 10.5 Å². The smallest absolute Gasteiger partial charge is 0.253 e. The van der Waals surface area contributed by atoms with Gasteiger partial charge in [-0.2, -0.15) is 0 Å². The van der Waals surface area contributed by atoms with E-state index in [-0.39, 0.29) is 11.9 Å². The van der Waals surface area contributed by atoms with E-state index in [0.717, 1.165) is 37.2 Å². The maximum atomic E-state index is 12.4. The zero-order valence-corrected chi connectivity index (χ0v) is 11.2. The highest BCUT2D eigenvalue weighted by molar-refractivity contribution is 5.94. The van der Waals surface area contributed by atoms with E-state index in [2.05, 4.69) is 0 Å². The minimum Gasteiger partial charge on any atom is -0.497 e. The number of nitrogens with zero attached hydrogens (tertiary/aromatic N) is 1. The standard InChI is InChI=1S/C15H20N2O2/c1-19-12-5-2-10(3-6-12)15(18)17-8-11-4-7-14(16)13(11)9-17/h2-3,5-6,11,13-14H,4,7-9,16H2,1H3. The predicted octanol–water partition coefficient (Wildman–Crippen LogP) is 1.50. The van der Waals surface area contributed by atoms with Gasteiger partial charge in [-0.3, -0.25) is 4.79 Å². The van der Waals surface area contributed by atoms with Crippen molar-refractivity contribution in [1.29, 1.82) is 0 Å². The Morgan fingerprint density at radius 3 is 2.63 bits per heavy atom. The molecule has 1 saturated carbocycles. The summed E-state index contributed by atoms with van der Waals surface area (Å²) in [5.74, 6) is 2.00. The molecule has 0 bridgehead atoms. The second-order valence-electron chi connectivity index (χ2n) is 5.60. The lowest BCUT2D eigenvalue weighted by atomic mass is 9.98. The summed E-state index contributed by atoms with van der Waals surface area (Å²) in [7, 11) is 1.62. The van der Waals surface area contributed by atoms with E-state index in [9.17, 15) is 4.79 Å². The largest absolute Gasteiger partial charge is 0.497 e. The van der Waals surface area contributed by atoms with Crippen molar-refractivity contribution in [3.63, 3.8) is 0 Å². The number of carbonyl (C=O) groups excluding carboxylic acids is 1. The summed E-state index contributed by atoms with van der Waals surface area (Å²) in [4.78, 5) is 14.4. The Labute approximate surface area is 113 Å². The van der Waals surface area contributed by atoms with Gasteiger partial charge in [0, 0.05) is 24.7 Å². The number of hydrogen-bond donors (Lipinski definition) is 1. The number of amides is 1. The molecule has 1 amide bonds. The molecule has 2 aliphatic rings. The SMILES string of the molecule is COc1ccc(C(=O)N2CC3CCC(N)C3C2)cc1. The van der Waals surface area contributed by atoms with Crippen molar-refractivity contribution in [2.24, 2.45) is 17.6 Å². The number of benzene rings is 1. The van der Waals surface area contributed by atoms with Crippen LogP contribution in [0.25, 0.3) is 0 Å². The number of ether oxygens (including phenoxy) is 1. The second kappa shape index (κ2) is 4.85. The monoisotopic (exact) mass is 260 g/mol. The van der Waals surface area contributed by atoms with Crippen LogP contribution in [0.1, 0.15) is 23.2 Å². The second-order valence-corrected chi connectivity index (χ2v) is 5.60. The van der Waals surface area contributed by atoms with Gasteiger partial charge in [-0.25, -0.2) is 0 Å². The lowest BCUT2D eigenvalue weighted by Gasteiger charge is -2.19. The number of rotatable bonds is 2. The first-order chi connectivity index (χ1) is 9.19. The van der Waals surface area contributed by atoms with Crippen LogP contribution in [0.15, 0.2) is 24.3 Å². The first-order valence-electron chi connectivity index (χ1n) is 6.88. The van der Waals surface area contributed by atoms with Gasteiger partial charge >= 0.3 is 0 Å². The molecule has 4 nitrogen and oxygen atoms in total. The third-order valence-electron chi connectivity index (χ3n) is 4.54. The van der Waals surface area contributed by atoms with Gasteiger partial charge in [0.2, 0.25) is 0 Å². The third kappa shape index (κ3) is 2.21. The van der Waals surface area contributed by atoms with Crippen molar-refractivity contribution in [3.05, 3.63) is 29.8 Å². The fraction of sp³-hybridized carbons (Fsp3) is 0.533. The molecule has 1 aromatic carbocycles. The quantitative estimate of drug-likeness (QED) is 0.877. The topological polar surface area (TPSA) is 55.6 Å². The van der Waals surface area contributed by atoms with Crippen LogP contribution in [-0.4, -0.2) is 37.0 Å². The minimum absolute atomic E-state index is 0.115. The van der Waals surface area contributed by atoms with Crippen LogP contribution in [0.3, 0.4) is 0 Å². The van der Waals surface area contributed by atoms with Gasteiger partial charge < -0.3 is 15.4 Å². The molecule has 3 rings (SSSR count). The summed E-state index contributed by atoms with van der Waals surface area (Å²) in [6.45, 7) is 1.68. The van der Waals surface area contributed by atoms with E-state index in [1.807, 2.05) is 29.2 Å². The highest BCUT2D eigenvalue weighted by Crippen LogP contribution is 2.37. The molecule has 2 fully saturated rings. The molecule has 0 aromatic heterocycles. The summed E-state index contributed by atoms with van der Waals surface area (Å²) in [6, 6.07) is 7.59. The molecule has 1 saturated heterocycles. The number of likely N-dealkylation sites (tertiary alicyclic amines) is 1. The molecular formula is C15H20N2O2. The minimum atomic E-state index is 0.115. The number of carbonyl (C=O) groups is 1. The van der Waals surface area contributed by atoms with Crippen LogP contribution in [0.5, 0.6) is 5.75 Å². The highest BCUT2D eigenvalue weighted by atomic mass is 16.5. The van der Waals surface area contributed by atoms with E-state index in [1.54, 1.807) is 7.11 Å². The average molecular weight is 260 g/mol. The Morgan fingerprint density at radius 1 is 1.26 bits per heavy atom. The molecule has 102 valence electrons. The number of methoxy groups -OCH3 is 1. The Kier molecular flexibility index (Phi) is 3.19. The predicted molar refractivity (Wildman–Crippen MR) is 73.1 cm³/mol. The van der Waals surface area contributed by atoms with Crippen LogP contribution >= 0.6 is 0 Å². The summed E-state index contributed by atoms with van der Waals surface area (Å²) >= 11 is 0. The van der Waals surface area contributed by atoms with E-state index in [4.69, 9.17) is 10.5 Å². The summed E-state index contributed by atoms with van der Waals surface area (Å²) < 4.78 is 5.11. The van der Waals surface area contributed by atoms with Gasteiger partial charge in [0.15, 0.2) is 0 Å². The van der Waals surface area contributed by atoms with Crippen LogP contribution in [-0.2, 0) is 0 Å². The average Bonchev–Trinajstić information content (AvgIpc) is 3.01. The van der Waals surface area contributed by atoms with Crippen LogP contribution in [0.4, 0.5) is 0 Å². The number of nitrogens with two attached hydrogens (primary N) is 1. The van der Waals surface area contributed by atoms with Crippen molar-refractivity contribution >= 4 is 5.91 Å². The summed E-state index contributed by atoms with van der Waals surface area (Å²) in [5, 5.41) is 0. The van der Waals surface area contributed by atoms with Crippen molar-refractivity contribution in [2.75, 3.05) is 20.2 Å². The molecule has 0 radical (unpaired) electrons. The molecule has 1 aliphatic carbocycles. The Bertz CT molecular complexity index is 472. The normalized spacial score (nSPS) is 29.4. The highest BCUT2D eigenvalue weighted by Gasteiger charge is 2.42. The van der Waals surface area contributed by atoms with Gasteiger partial charge in [-0.15, -0.1) is 0 Å². The van der Waals surface area contributed by atoms with Crippen molar-refractivity contribution in [2.45, 2.75) is 18.9 Å². The third-order valence-corrected chi connectivity index (χ3v) is 4.54. The molecule has 2 N–H and O–H groups in total. The Balaban J connectivity index is 1.71. The summed E-state index contributed by atoms with van der Waals surface area (Å²) in [6.07, 6.45) is 2.28. The molecule has 3 atom stereocenters. The summed E-state index contributed by atoms with van der Waals surface area (Å²) in [5.41, 5.74) is 6.84. The van der Waals surface area contributed by atoms with E-state index in [1.165, 1.54) is 0 Å². The molecule has 1 aliphatic heterocycles. The maximum Gasteiger partial charge on any atom is 0.253 e. The Hall–Kier alpha value is -1.55. The molecule has 1 heterocycles. The van der Waals surface area contributed by atoms with Crippen LogP contribution in [0.2, 0.25) is 0 Å². The van der Waals surface area contributed by atoms with Gasteiger partial charge in [0.25, 0.3) is 5.91 Å². The van der Waals surface area contributed by atoms with Gasteiger partial charge in [-0.05, 0) is 48.9 Å². The van der Waals surface area contributed by atoms with Gasteiger partial charge in [0.1, 0.15) is 5.75 Å². The van der Waals surface area contributed by atoms with Gasteiger partial charge in [-0.1, -0.05) is 0 Å². The van der Waals surface area contributed by atoms with E-state index >= 15 is 0 Å². The fourth-order valence-electron chi connectivity index (χ4n) is 3.39. The Morgan fingerprint density at radius 2 is 2.00 bits per heavy atom. The lowest BCUT2D eigenvalue weighted by Crippen LogP contribution is -2.33. The molecule has 0 spiro atoms. The molecule has 19 heavy (non-hydrogen) atoms.